The predicted molar refractivity (Wildman–Crippen MR) is 88.8 cm³/mol. The summed E-state index contributed by atoms with van der Waals surface area (Å²) in [4.78, 5) is 28.1. The lowest BCUT2D eigenvalue weighted by atomic mass is 9.63. The number of piperidine rings is 2. The van der Waals surface area contributed by atoms with E-state index in [9.17, 15) is 19.8 Å². The van der Waals surface area contributed by atoms with Crippen LogP contribution in [-0.2, 0) is 9.53 Å². The summed E-state index contributed by atoms with van der Waals surface area (Å²) in [6.07, 6.45) is 1.21. The van der Waals surface area contributed by atoms with E-state index in [-0.39, 0.29) is 6.54 Å². The standard InChI is InChI=1S/C17H30N2O5/c1-15(2,3)24-14(22)19-9-5-6-16(12-19,13(20)21)17(23)7-10-18(4)11-8-17/h23H,5-12H2,1-4H3,(H,20,21). The van der Waals surface area contributed by atoms with Gasteiger partial charge in [-0.2, -0.15) is 0 Å². The Kier molecular flexibility index (Phi) is 5.16. The fourth-order valence-corrected chi connectivity index (χ4v) is 3.76. The van der Waals surface area contributed by atoms with Crippen LogP contribution in [0.4, 0.5) is 4.79 Å². The van der Waals surface area contributed by atoms with Gasteiger partial charge in [0.15, 0.2) is 0 Å². The molecule has 1 unspecified atom stereocenters. The summed E-state index contributed by atoms with van der Waals surface area (Å²) in [5.41, 5.74) is -3.26. The Morgan fingerprint density at radius 2 is 1.67 bits per heavy atom. The summed E-state index contributed by atoms with van der Waals surface area (Å²) in [6.45, 7) is 7.10. The molecule has 0 aromatic heterocycles. The van der Waals surface area contributed by atoms with E-state index in [1.165, 1.54) is 4.90 Å². The maximum absolute atomic E-state index is 12.4. The Morgan fingerprint density at radius 3 is 2.17 bits per heavy atom. The highest BCUT2D eigenvalue weighted by molar-refractivity contribution is 5.78. The van der Waals surface area contributed by atoms with E-state index in [0.29, 0.717) is 45.3 Å². The number of carbonyl (C=O) groups excluding carboxylic acids is 1. The van der Waals surface area contributed by atoms with Crippen LogP contribution in [0.3, 0.4) is 0 Å². The SMILES string of the molecule is CN1CCC(O)(C2(C(=O)O)CCCN(C(=O)OC(C)(C)C)C2)CC1. The molecule has 0 aromatic carbocycles. The van der Waals surface area contributed by atoms with Crippen LogP contribution >= 0.6 is 0 Å². The molecule has 2 rings (SSSR count). The van der Waals surface area contributed by atoms with Crippen molar-refractivity contribution in [1.82, 2.24) is 9.80 Å². The van der Waals surface area contributed by atoms with E-state index in [2.05, 4.69) is 4.90 Å². The van der Waals surface area contributed by atoms with E-state index in [1.807, 2.05) is 7.05 Å². The van der Waals surface area contributed by atoms with E-state index < -0.39 is 28.7 Å². The highest BCUT2D eigenvalue weighted by Crippen LogP contribution is 2.46. The molecule has 2 heterocycles. The monoisotopic (exact) mass is 342 g/mol. The molecule has 138 valence electrons. The first-order valence-corrected chi connectivity index (χ1v) is 8.61. The van der Waals surface area contributed by atoms with Crippen molar-refractivity contribution < 1.29 is 24.5 Å². The van der Waals surface area contributed by atoms with Gasteiger partial charge in [0.25, 0.3) is 0 Å². The van der Waals surface area contributed by atoms with Crippen molar-refractivity contribution in [3.05, 3.63) is 0 Å². The molecule has 2 fully saturated rings. The highest BCUT2D eigenvalue weighted by Gasteiger charge is 2.58. The lowest BCUT2D eigenvalue weighted by molar-refractivity contribution is -0.186. The Labute approximate surface area is 143 Å². The molecular formula is C17H30N2O5. The number of hydrogen-bond acceptors (Lipinski definition) is 5. The molecule has 0 radical (unpaired) electrons. The third-order valence-corrected chi connectivity index (χ3v) is 5.26. The van der Waals surface area contributed by atoms with E-state index >= 15 is 0 Å². The Morgan fingerprint density at radius 1 is 1.08 bits per heavy atom. The largest absolute Gasteiger partial charge is 0.481 e. The average Bonchev–Trinajstić information content (AvgIpc) is 2.48. The van der Waals surface area contributed by atoms with Crippen LogP contribution in [0.25, 0.3) is 0 Å². The summed E-state index contributed by atoms with van der Waals surface area (Å²) < 4.78 is 5.39. The molecule has 2 N–H and O–H groups in total. The number of likely N-dealkylation sites (tertiary alicyclic amines) is 2. The van der Waals surface area contributed by atoms with Crippen molar-refractivity contribution >= 4 is 12.1 Å². The van der Waals surface area contributed by atoms with E-state index in [1.54, 1.807) is 20.8 Å². The number of amides is 1. The average molecular weight is 342 g/mol. The molecule has 2 aliphatic rings. The lowest BCUT2D eigenvalue weighted by Crippen LogP contribution is -2.64. The third-order valence-electron chi connectivity index (χ3n) is 5.26. The predicted octanol–water partition coefficient (Wildman–Crippen LogP) is 1.54. The van der Waals surface area contributed by atoms with Gasteiger partial charge in [-0.3, -0.25) is 4.79 Å². The molecule has 0 aromatic rings. The van der Waals surface area contributed by atoms with Crippen LogP contribution in [0.2, 0.25) is 0 Å². The van der Waals surface area contributed by atoms with Crippen molar-refractivity contribution in [2.24, 2.45) is 5.41 Å². The van der Waals surface area contributed by atoms with E-state index in [0.717, 1.165) is 0 Å². The summed E-state index contributed by atoms with van der Waals surface area (Å²) in [5.74, 6) is -1.03. The number of carboxylic acid groups (broad SMARTS) is 1. The van der Waals surface area contributed by atoms with Gasteiger partial charge in [0.2, 0.25) is 0 Å². The number of aliphatic hydroxyl groups is 1. The lowest BCUT2D eigenvalue weighted by Gasteiger charge is -2.51. The van der Waals surface area contributed by atoms with Crippen LogP contribution in [-0.4, -0.2) is 76.5 Å². The quantitative estimate of drug-likeness (QED) is 0.791. The molecule has 0 saturated carbocycles. The van der Waals surface area contributed by atoms with Crippen LogP contribution in [0.1, 0.15) is 46.5 Å². The van der Waals surface area contributed by atoms with Crippen LogP contribution < -0.4 is 0 Å². The topological polar surface area (TPSA) is 90.3 Å². The molecular weight excluding hydrogens is 312 g/mol. The number of rotatable bonds is 2. The first-order chi connectivity index (χ1) is 11.0. The minimum absolute atomic E-state index is 0.00252. The molecule has 1 atom stereocenters. The van der Waals surface area contributed by atoms with Gasteiger partial charge < -0.3 is 24.7 Å². The van der Waals surface area contributed by atoms with Gasteiger partial charge in [0.1, 0.15) is 11.0 Å². The van der Waals surface area contributed by atoms with Gasteiger partial charge in [-0.25, -0.2) is 4.79 Å². The highest BCUT2D eigenvalue weighted by atomic mass is 16.6. The summed E-state index contributed by atoms with van der Waals surface area (Å²) in [7, 11) is 1.96. The molecule has 7 heteroatoms. The van der Waals surface area contributed by atoms with Gasteiger partial charge >= 0.3 is 12.1 Å². The Bertz CT molecular complexity index is 494. The van der Waals surface area contributed by atoms with Gasteiger partial charge in [-0.1, -0.05) is 0 Å². The zero-order valence-corrected chi connectivity index (χ0v) is 15.2. The summed E-state index contributed by atoms with van der Waals surface area (Å²) >= 11 is 0. The summed E-state index contributed by atoms with van der Waals surface area (Å²) in [6, 6.07) is 0. The second-order valence-corrected chi connectivity index (χ2v) is 8.23. The molecule has 2 saturated heterocycles. The van der Waals surface area contributed by atoms with Gasteiger partial charge in [-0.15, -0.1) is 0 Å². The number of carbonyl (C=O) groups is 2. The van der Waals surface area contributed by atoms with Gasteiger partial charge in [0, 0.05) is 26.2 Å². The van der Waals surface area contributed by atoms with Crippen molar-refractivity contribution in [3.8, 4) is 0 Å². The van der Waals surface area contributed by atoms with Crippen molar-refractivity contribution in [2.75, 3.05) is 33.2 Å². The molecule has 24 heavy (non-hydrogen) atoms. The smallest absolute Gasteiger partial charge is 0.410 e. The zero-order chi connectivity index (χ0) is 18.2. The van der Waals surface area contributed by atoms with Crippen molar-refractivity contribution in [2.45, 2.75) is 57.7 Å². The third kappa shape index (κ3) is 3.67. The second kappa shape index (κ2) is 6.52. The maximum Gasteiger partial charge on any atom is 0.410 e. The van der Waals surface area contributed by atoms with Gasteiger partial charge in [-0.05, 0) is 53.5 Å². The maximum atomic E-state index is 12.4. The van der Waals surface area contributed by atoms with Gasteiger partial charge in [0.05, 0.1) is 5.60 Å². The number of nitrogens with zero attached hydrogens (tertiary/aromatic N) is 2. The molecule has 0 aliphatic carbocycles. The first-order valence-electron chi connectivity index (χ1n) is 8.61. The summed E-state index contributed by atoms with van der Waals surface area (Å²) in [5, 5.41) is 21.1. The normalized spacial score (nSPS) is 28.5. The van der Waals surface area contributed by atoms with Crippen LogP contribution in [0, 0.1) is 5.41 Å². The fraction of sp³-hybridized carbons (Fsp3) is 0.882. The number of aliphatic carboxylic acids is 1. The number of ether oxygens (including phenoxy) is 1. The van der Waals surface area contributed by atoms with Crippen molar-refractivity contribution in [1.29, 1.82) is 0 Å². The molecule has 2 aliphatic heterocycles. The van der Waals surface area contributed by atoms with Crippen molar-refractivity contribution in [3.63, 3.8) is 0 Å². The minimum Gasteiger partial charge on any atom is -0.481 e. The number of carboxylic acids is 1. The number of hydrogen-bond donors (Lipinski definition) is 2. The molecule has 0 spiro atoms. The first kappa shape index (κ1) is 19.0. The molecule has 7 nitrogen and oxygen atoms in total. The Balaban J connectivity index is 2.23. The fourth-order valence-electron chi connectivity index (χ4n) is 3.76. The molecule has 0 bridgehead atoms. The van der Waals surface area contributed by atoms with E-state index in [4.69, 9.17) is 4.74 Å². The molecule has 1 amide bonds. The minimum atomic E-state index is -1.33. The van der Waals surface area contributed by atoms with Crippen LogP contribution in [0.5, 0.6) is 0 Å². The Hall–Kier alpha value is -1.34. The second-order valence-electron chi connectivity index (χ2n) is 8.23. The van der Waals surface area contributed by atoms with Crippen LogP contribution in [0.15, 0.2) is 0 Å². The zero-order valence-electron chi connectivity index (χ0n) is 15.2.